The summed E-state index contributed by atoms with van der Waals surface area (Å²) in [6.07, 6.45) is 0.0728. The van der Waals surface area contributed by atoms with E-state index in [2.05, 4.69) is 5.10 Å². The van der Waals surface area contributed by atoms with Gasteiger partial charge in [0.2, 0.25) is 0 Å². The van der Waals surface area contributed by atoms with Crippen LogP contribution in [0, 0.1) is 13.8 Å². The fraction of sp³-hybridized carbons (Fsp3) is 0.524. The highest BCUT2D eigenvalue weighted by atomic mass is 19.3. The average Bonchev–Trinajstić information content (AvgIpc) is 3.22. The number of carbonyl (C=O) groups excluding carboxylic acids is 1. The predicted molar refractivity (Wildman–Crippen MR) is 103 cm³/mol. The Balaban J connectivity index is 1.55. The molecule has 0 unspecified atom stereocenters. The molecule has 5 nitrogen and oxygen atoms in total. The molecule has 0 bridgehead atoms. The third kappa shape index (κ3) is 4.80. The van der Waals surface area contributed by atoms with Crippen molar-refractivity contribution in [3.8, 4) is 0 Å². The number of halogens is 3. The summed E-state index contributed by atoms with van der Waals surface area (Å²) in [5.41, 5.74) is 0.451. The van der Waals surface area contributed by atoms with E-state index in [1.54, 1.807) is 6.92 Å². The van der Waals surface area contributed by atoms with E-state index in [1.807, 2.05) is 42.2 Å². The van der Waals surface area contributed by atoms with Crippen LogP contribution >= 0.6 is 0 Å². The van der Waals surface area contributed by atoms with Crippen molar-refractivity contribution in [3.63, 3.8) is 0 Å². The molecule has 29 heavy (non-hydrogen) atoms. The van der Waals surface area contributed by atoms with Gasteiger partial charge in [-0.25, -0.2) is 9.07 Å². The van der Waals surface area contributed by atoms with Gasteiger partial charge in [0.25, 0.3) is 0 Å². The molecule has 0 amide bonds. The number of benzene rings is 1. The maximum atomic E-state index is 15.2. The van der Waals surface area contributed by atoms with Crippen LogP contribution in [-0.2, 0) is 16.0 Å². The van der Waals surface area contributed by atoms with E-state index < -0.39 is 18.2 Å². The summed E-state index contributed by atoms with van der Waals surface area (Å²) in [6.45, 7) is 2.70. The molecule has 1 aromatic heterocycles. The van der Waals surface area contributed by atoms with Crippen molar-refractivity contribution in [2.24, 2.45) is 0 Å². The fourth-order valence-electron chi connectivity index (χ4n) is 3.80. The molecular weight excluding hydrogens is 383 g/mol. The van der Waals surface area contributed by atoms with E-state index in [-0.39, 0.29) is 37.7 Å². The van der Waals surface area contributed by atoms with Gasteiger partial charge in [0, 0.05) is 30.4 Å². The van der Waals surface area contributed by atoms with Crippen molar-refractivity contribution in [2.45, 2.75) is 51.9 Å². The minimum Gasteiger partial charge on any atom is -0.462 e. The van der Waals surface area contributed by atoms with E-state index in [0.717, 1.165) is 5.56 Å². The number of likely N-dealkylation sites (tertiary alicyclic amines) is 1. The van der Waals surface area contributed by atoms with Gasteiger partial charge in [0.15, 0.2) is 5.67 Å². The van der Waals surface area contributed by atoms with E-state index >= 15 is 4.39 Å². The molecule has 1 saturated heterocycles. The molecule has 0 radical (unpaired) electrons. The Bertz CT molecular complexity index is 856. The highest BCUT2D eigenvalue weighted by Crippen LogP contribution is 2.32. The normalized spacial score (nSPS) is 20.9. The van der Waals surface area contributed by atoms with Crippen LogP contribution in [0.1, 0.15) is 48.5 Å². The van der Waals surface area contributed by atoms with E-state index in [0.29, 0.717) is 22.5 Å². The lowest BCUT2D eigenvalue weighted by atomic mass is 10.1. The van der Waals surface area contributed by atoms with Gasteiger partial charge in [0.05, 0.1) is 12.1 Å². The Morgan fingerprint density at radius 3 is 2.59 bits per heavy atom. The number of alkyl halides is 3. The first kappa shape index (κ1) is 21.4. The number of hydrogen-bond donors (Lipinski definition) is 0. The molecule has 0 spiro atoms. The fourth-order valence-corrected chi connectivity index (χ4v) is 3.80. The van der Waals surface area contributed by atoms with Crippen LogP contribution in [0.4, 0.5) is 13.2 Å². The van der Waals surface area contributed by atoms with Crippen LogP contribution in [0.5, 0.6) is 0 Å². The average molecular weight is 409 g/mol. The summed E-state index contributed by atoms with van der Waals surface area (Å²) in [4.78, 5) is 14.2. The Morgan fingerprint density at radius 2 is 1.97 bits per heavy atom. The number of carbonyl (C=O) groups is 1. The zero-order chi connectivity index (χ0) is 21.2. The van der Waals surface area contributed by atoms with Gasteiger partial charge < -0.3 is 4.74 Å². The van der Waals surface area contributed by atoms with Crippen LogP contribution < -0.4 is 0 Å². The monoisotopic (exact) mass is 409 g/mol. The molecule has 2 aromatic rings. The number of nitrogens with zero attached hydrogens (tertiary/aromatic N) is 3. The van der Waals surface area contributed by atoms with Gasteiger partial charge in [-0.05, 0) is 32.8 Å². The second kappa shape index (κ2) is 8.57. The molecule has 1 aromatic carbocycles. The summed E-state index contributed by atoms with van der Waals surface area (Å²) in [5, 5.41) is 3.75. The number of ether oxygens (including phenoxy) is 1. The SMILES string of the molecule is Cc1nn(C(F)F)c(C)c1CC(=O)OC[C@]1(F)CCN([C@H](C)c2ccccc2)C1. The van der Waals surface area contributed by atoms with Crippen molar-refractivity contribution >= 4 is 5.97 Å². The van der Waals surface area contributed by atoms with E-state index in [9.17, 15) is 13.6 Å². The van der Waals surface area contributed by atoms with Gasteiger partial charge in [-0.1, -0.05) is 30.3 Å². The summed E-state index contributed by atoms with van der Waals surface area (Å²) in [6, 6.07) is 9.92. The molecule has 1 fully saturated rings. The van der Waals surface area contributed by atoms with Gasteiger partial charge in [-0.15, -0.1) is 0 Å². The number of rotatable bonds is 7. The molecular formula is C21H26F3N3O2. The number of aromatic nitrogens is 2. The van der Waals surface area contributed by atoms with Crippen LogP contribution in [0.3, 0.4) is 0 Å². The molecule has 0 aliphatic carbocycles. The molecule has 2 atom stereocenters. The molecule has 2 heterocycles. The highest BCUT2D eigenvalue weighted by molar-refractivity contribution is 5.73. The van der Waals surface area contributed by atoms with Gasteiger partial charge in [0.1, 0.15) is 6.61 Å². The number of hydrogen-bond acceptors (Lipinski definition) is 4. The molecule has 8 heteroatoms. The van der Waals surface area contributed by atoms with Crippen molar-refractivity contribution < 1.29 is 22.7 Å². The Labute approximate surface area is 168 Å². The van der Waals surface area contributed by atoms with Crippen molar-refractivity contribution in [1.82, 2.24) is 14.7 Å². The van der Waals surface area contributed by atoms with E-state index in [1.165, 1.54) is 6.92 Å². The van der Waals surface area contributed by atoms with Crippen LogP contribution in [0.15, 0.2) is 30.3 Å². The number of esters is 1. The van der Waals surface area contributed by atoms with Gasteiger partial charge in [-0.3, -0.25) is 9.69 Å². The molecule has 158 valence electrons. The first-order valence-electron chi connectivity index (χ1n) is 9.66. The van der Waals surface area contributed by atoms with Crippen molar-refractivity contribution in [1.29, 1.82) is 0 Å². The molecule has 1 aliphatic rings. The van der Waals surface area contributed by atoms with Crippen LogP contribution in [-0.4, -0.2) is 46.0 Å². The molecule has 3 rings (SSSR count). The summed E-state index contributed by atoms with van der Waals surface area (Å²) >= 11 is 0. The zero-order valence-corrected chi connectivity index (χ0v) is 16.9. The first-order chi connectivity index (χ1) is 13.7. The lowest BCUT2D eigenvalue weighted by Crippen LogP contribution is -2.35. The Kier molecular flexibility index (Phi) is 6.31. The Hall–Kier alpha value is -2.35. The largest absolute Gasteiger partial charge is 0.462 e. The second-order valence-electron chi connectivity index (χ2n) is 7.67. The summed E-state index contributed by atoms with van der Waals surface area (Å²) < 4.78 is 46.8. The van der Waals surface area contributed by atoms with Crippen LogP contribution in [0.25, 0.3) is 0 Å². The zero-order valence-electron chi connectivity index (χ0n) is 16.9. The standard InChI is InChI=1S/C21H26F3N3O2/c1-14-18(16(3)27(25-14)20(22)23)11-19(28)29-13-21(24)9-10-26(12-21)15(2)17-7-5-4-6-8-17/h4-8,15,20H,9-13H2,1-3H3/t15-,21+/m1/s1. The molecule has 0 saturated carbocycles. The number of aryl methyl sites for hydroxylation is 1. The maximum absolute atomic E-state index is 15.2. The third-order valence-corrected chi connectivity index (χ3v) is 5.64. The van der Waals surface area contributed by atoms with Gasteiger partial charge >= 0.3 is 12.5 Å². The van der Waals surface area contributed by atoms with Crippen molar-refractivity contribution in [2.75, 3.05) is 19.7 Å². The minimum absolute atomic E-state index is 0.0648. The molecule has 1 aliphatic heterocycles. The van der Waals surface area contributed by atoms with Gasteiger partial charge in [-0.2, -0.15) is 13.9 Å². The lowest BCUT2D eigenvalue weighted by molar-refractivity contribution is -0.147. The third-order valence-electron chi connectivity index (χ3n) is 5.64. The second-order valence-corrected chi connectivity index (χ2v) is 7.67. The Morgan fingerprint density at radius 1 is 1.28 bits per heavy atom. The van der Waals surface area contributed by atoms with Crippen molar-refractivity contribution in [3.05, 3.63) is 52.8 Å². The lowest BCUT2D eigenvalue weighted by Gasteiger charge is -2.26. The minimum atomic E-state index is -2.77. The van der Waals surface area contributed by atoms with Crippen LogP contribution in [0.2, 0.25) is 0 Å². The predicted octanol–water partition coefficient (Wildman–Crippen LogP) is 4.16. The summed E-state index contributed by atoms with van der Waals surface area (Å²) in [7, 11) is 0. The van der Waals surface area contributed by atoms with E-state index in [4.69, 9.17) is 4.74 Å². The molecule has 0 N–H and O–H groups in total. The smallest absolute Gasteiger partial charge is 0.333 e. The first-order valence-corrected chi connectivity index (χ1v) is 9.66. The summed E-state index contributed by atoms with van der Waals surface area (Å²) in [5.74, 6) is -0.642. The highest BCUT2D eigenvalue weighted by Gasteiger charge is 2.41. The maximum Gasteiger partial charge on any atom is 0.333 e. The quantitative estimate of drug-likeness (QED) is 0.645. The topological polar surface area (TPSA) is 47.4 Å².